The zero-order chi connectivity index (χ0) is 16.4. The molecule has 0 bridgehead atoms. The van der Waals surface area contributed by atoms with Crippen molar-refractivity contribution in [1.29, 1.82) is 0 Å². The van der Waals surface area contributed by atoms with Crippen LogP contribution in [0.2, 0.25) is 0 Å². The Bertz CT molecular complexity index is 627. The number of carbonyl (C=O) groups is 2. The van der Waals surface area contributed by atoms with Crippen LogP contribution in [-0.2, 0) is 4.84 Å². The van der Waals surface area contributed by atoms with Crippen LogP contribution in [0.4, 0.5) is 0 Å². The number of hydrogen-bond acceptors (Lipinski definition) is 6. The normalized spacial score (nSPS) is 21.1. The number of nitrogens with zero attached hydrogens (tertiary/aromatic N) is 4. The molecule has 2 aliphatic heterocycles. The van der Waals surface area contributed by atoms with Crippen molar-refractivity contribution < 1.29 is 24.5 Å². The number of rotatable bonds is 5. The molecule has 0 aromatic heterocycles. The molecule has 3 rings (SSSR count). The van der Waals surface area contributed by atoms with Crippen molar-refractivity contribution in [3.05, 3.63) is 40.6 Å². The van der Waals surface area contributed by atoms with Crippen molar-refractivity contribution in [3.63, 3.8) is 0 Å². The summed E-state index contributed by atoms with van der Waals surface area (Å²) in [6, 6.07) is 6.16. The van der Waals surface area contributed by atoms with E-state index >= 15 is 0 Å². The summed E-state index contributed by atoms with van der Waals surface area (Å²) in [5.41, 5.74) is 0.611. The number of benzene rings is 1. The van der Waals surface area contributed by atoms with Gasteiger partial charge in [-0.25, -0.2) is 4.90 Å². The van der Waals surface area contributed by atoms with E-state index in [4.69, 9.17) is 9.94 Å². The maximum absolute atomic E-state index is 12.1. The number of hydrazine groups is 1. The third kappa shape index (κ3) is 2.70. The molecule has 9 nitrogen and oxygen atoms in total. The molecule has 23 heavy (non-hydrogen) atoms. The minimum Gasteiger partial charge on any atom is -0.569 e. The number of aliphatic hydroxyl groups excluding tert-OH is 1. The highest BCUT2D eigenvalue weighted by atomic mass is 16.7. The Morgan fingerprint density at radius 3 is 2.57 bits per heavy atom. The first-order valence-electron chi connectivity index (χ1n) is 7.26. The highest BCUT2D eigenvalue weighted by molar-refractivity contribution is 6.21. The molecule has 2 amide bonds. The molecular formula is C14H16N4O5. The molecule has 2 heterocycles. The molecule has 122 valence electrons. The first-order chi connectivity index (χ1) is 11.1. The lowest BCUT2D eigenvalue weighted by atomic mass is 10.1. The van der Waals surface area contributed by atoms with Gasteiger partial charge < -0.3 is 15.2 Å². The average Bonchev–Trinajstić information content (AvgIpc) is 3.14. The van der Waals surface area contributed by atoms with Crippen molar-refractivity contribution in [1.82, 2.24) is 9.91 Å². The van der Waals surface area contributed by atoms with E-state index in [1.807, 2.05) is 0 Å². The highest BCUT2D eigenvalue weighted by Gasteiger charge is 2.36. The van der Waals surface area contributed by atoms with Gasteiger partial charge in [-0.3, -0.25) is 9.59 Å². The fraction of sp³-hybridized carbons (Fsp3) is 0.429. The lowest BCUT2D eigenvalue weighted by molar-refractivity contribution is -0.715. The largest absolute Gasteiger partial charge is 0.569 e. The minimum atomic E-state index is -0.479. The number of fused-ring (bicyclic) bond motifs is 1. The van der Waals surface area contributed by atoms with Gasteiger partial charge in [-0.15, -0.1) is 5.01 Å². The van der Waals surface area contributed by atoms with Crippen LogP contribution in [0.25, 0.3) is 0 Å². The predicted molar refractivity (Wildman–Crippen MR) is 75.8 cm³/mol. The van der Waals surface area contributed by atoms with Crippen LogP contribution in [0.15, 0.2) is 29.5 Å². The summed E-state index contributed by atoms with van der Waals surface area (Å²) >= 11 is 0. The molecule has 0 spiro atoms. The van der Waals surface area contributed by atoms with E-state index in [2.05, 4.69) is 5.28 Å². The molecule has 9 heteroatoms. The van der Waals surface area contributed by atoms with E-state index in [-0.39, 0.29) is 17.6 Å². The first kappa shape index (κ1) is 15.2. The molecule has 2 aliphatic rings. The molecule has 0 unspecified atom stereocenters. The van der Waals surface area contributed by atoms with E-state index in [9.17, 15) is 14.8 Å². The van der Waals surface area contributed by atoms with Gasteiger partial charge in [-0.1, -0.05) is 12.1 Å². The molecule has 1 saturated heterocycles. The van der Waals surface area contributed by atoms with Crippen LogP contribution in [0, 0.1) is 5.21 Å². The van der Waals surface area contributed by atoms with Gasteiger partial charge in [0.1, 0.15) is 6.04 Å². The second-order valence-electron chi connectivity index (χ2n) is 5.32. The minimum absolute atomic E-state index is 0.146. The van der Waals surface area contributed by atoms with Crippen LogP contribution in [0.1, 0.15) is 33.6 Å². The molecule has 0 radical (unpaired) electrons. The molecule has 1 atom stereocenters. The average molecular weight is 320 g/mol. The summed E-state index contributed by atoms with van der Waals surface area (Å²) in [5, 5.41) is 25.7. The number of amides is 2. The monoisotopic (exact) mass is 320 g/mol. The first-order valence-corrected chi connectivity index (χ1v) is 7.26. The quantitative estimate of drug-likeness (QED) is 0.366. The number of carbonyl (C=O) groups excluding carboxylic acids is 2. The Labute approximate surface area is 131 Å². The van der Waals surface area contributed by atoms with Crippen molar-refractivity contribution in [2.24, 2.45) is 5.28 Å². The second kappa shape index (κ2) is 6.21. The van der Waals surface area contributed by atoms with Gasteiger partial charge in [-0.05, 0) is 25.0 Å². The molecule has 1 fully saturated rings. The summed E-state index contributed by atoms with van der Waals surface area (Å²) < 4.78 is 0. The maximum atomic E-state index is 12.1. The van der Waals surface area contributed by atoms with Gasteiger partial charge in [0.05, 0.1) is 29.2 Å². The van der Waals surface area contributed by atoms with Crippen molar-refractivity contribution in [2.75, 3.05) is 19.9 Å². The smallest absolute Gasteiger partial charge is 0.264 e. The predicted octanol–water partition coefficient (Wildman–Crippen LogP) is 0.506. The van der Waals surface area contributed by atoms with Gasteiger partial charge in [-0.2, -0.15) is 0 Å². The number of imide groups is 1. The summed E-state index contributed by atoms with van der Waals surface area (Å²) in [4.78, 5) is 30.2. The molecule has 1 N–H and O–H groups in total. The van der Waals surface area contributed by atoms with Crippen molar-refractivity contribution >= 4 is 11.8 Å². The second-order valence-corrected chi connectivity index (χ2v) is 5.32. The molecule has 1 aromatic carbocycles. The van der Waals surface area contributed by atoms with Gasteiger partial charge in [0.2, 0.25) is 12.0 Å². The SMILES string of the molecule is O=C1c2ccccc2C(=O)N1CON=[N+]([O-])N1CCC[C@H]1CO. The lowest BCUT2D eigenvalue weighted by Gasteiger charge is -2.18. The van der Waals surface area contributed by atoms with Crippen molar-refractivity contribution in [3.8, 4) is 0 Å². The van der Waals surface area contributed by atoms with Gasteiger partial charge in [0.25, 0.3) is 11.8 Å². The topological polar surface area (TPSA) is 109 Å². The number of aliphatic hydroxyl groups is 1. The zero-order valence-electron chi connectivity index (χ0n) is 12.3. The van der Waals surface area contributed by atoms with E-state index in [1.54, 1.807) is 24.3 Å². The molecule has 0 aliphatic carbocycles. The van der Waals surface area contributed by atoms with Gasteiger partial charge in [0, 0.05) is 0 Å². The van der Waals surface area contributed by atoms with Gasteiger partial charge >= 0.3 is 0 Å². The molecular weight excluding hydrogens is 304 g/mol. The van der Waals surface area contributed by atoms with E-state index in [0.29, 0.717) is 24.1 Å². The molecule has 0 saturated carbocycles. The summed E-state index contributed by atoms with van der Waals surface area (Å²) in [6.07, 6.45) is 1.47. The fourth-order valence-electron chi connectivity index (χ4n) is 2.77. The standard InChI is InChI=1S/C14H16N4O5/c19-8-10-4-3-7-17(10)18(22)15-23-9-16-13(20)11-5-1-2-6-12(11)14(16)21/h1-2,5-6,10,19H,3-4,7-9H2/t10-/m0/s1. The number of hydrogen-bond donors (Lipinski definition) is 1. The fourth-order valence-corrected chi connectivity index (χ4v) is 2.77. The summed E-state index contributed by atoms with van der Waals surface area (Å²) in [6.45, 7) is -0.121. The maximum Gasteiger partial charge on any atom is 0.264 e. The zero-order valence-corrected chi connectivity index (χ0v) is 12.3. The Balaban J connectivity index is 1.62. The van der Waals surface area contributed by atoms with Gasteiger partial charge in [0.15, 0.2) is 0 Å². The van der Waals surface area contributed by atoms with Crippen LogP contribution in [-0.4, -0.2) is 57.7 Å². The third-order valence-electron chi connectivity index (χ3n) is 3.97. The van der Waals surface area contributed by atoms with Crippen LogP contribution < -0.4 is 0 Å². The summed E-state index contributed by atoms with van der Waals surface area (Å²) in [7, 11) is 0. The highest BCUT2D eigenvalue weighted by Crippen LogP contribution is 2.22. The Morgan fingerprint density at radius 1 is 1.30 bits per heavy atom. The van der Waals surface area contributed by atoms with Crippen LogP contribution in [0.5, 0.6) is 0 Å². The van der Waals surface area contributed by atoms with E-state index in [1.165, 1.54) is 5.01 Å². The summed E-state index contributed by atoms with van der Waals surface area (Å²) in [5.74, 6) is -0.958. The van der Waals surface area contributed by atoms with Crippen LogP contribution in [0.3, 0.4) is 0 Å². The third-order valence-corrected chi connectivity index (χ3v) is 3.97. The Hall–Kier alpha value is -2.68. The van der Waals surface area contributed by atoms with E-state index < -0.39 is 18.5 Å². The lowest BCUT2D eigenvalue weighted by Crippen LogP contribution is -2.38. The van der Waals surface area contributed by atoms with Crippen molar-refractivity contribution in [2.45, 2.75) is 18.9 Å². The Kier molecular flexibility index (Phi) is 4.11. The van der Waals surface area contributed by atoms with E-state index in [0.717, 1.165) is 11.3 Å². The Morgan fingerprint density at radius 2 is 1.96 bits per heavy atom. The van der Waals surface area contributed by atoms with Crippen LogP contribution >= 0.6 is 0 Å². The molecule has 1 aromatic rings.